The van der Waals surface area contributed by atoms with Crippen LogP contribution in [-0.4, -0.2) is 13.2 Å². The molecule has 0 heterocycles. The molecule has 2 aromatic carbocycles. The van der Waals surface area contributed by atoms with Crippen molar-refractivity contribution in [1.29, 1.82) is 0 Å². The van der Waals surface area contributed by atoms with Crippen molar-refractivity contribution in [1.82, 2.24) is 0 Å². The Balaban J connectivity index is 2.04. The fourth-order valence-electron chi connectivity index (χ4n) is 2.60. The molecule has 2 rings (SSSR count). The summed E-state index contributed by atoms with van der Waals surface area (Å²) in [6.07, 6.45) is 0.821. The summed E-state index contributed by atoms with van der Waals surface area (Å²) in [4.78, 5) is 0. The number of benzene rings is 2. The van der Waals surface area contributed by atoms with Gasteiger partial charge in [-0.1, -0.05) is 51.0 Å². The average molecular weight is 346 g/mol. The van der Waals surface area contributed by atoms with E-state index in [9.17, 15) is 0 Å². The van der Waals surface area contributed by atoms with E-state index in [1.165, 1.54) is 11.1 Å². The van der Waals surface area contributed by atoms with Crippen LogP contribution >= 0.6 is 0 Å². The van der Waals surface area contributed by atoms with Crippen LogP contribution in [0, 0.1) is 23.7 Å². The third-order valence-electron chi connectivity index (χ3n) is 4.19. The highest BCUT2D eigenvalue weighted by Gasteiger charge is 2.23. The summed E-state index contributed by atoms with van der Waals surface area (Å²) < 4.78 is 11.2. The first kappa shape index (κ1) is 19.5. The first-order chi connectivity index (χ1) is 12.6. The first-order valence-corrected chi connectivity index (χ1v) is 9.00. The molecule has 2 aromatic rings. The standard InChI is InChI=1S/C24H26O2/c1-5-7-8-9-10-19-26-23-17-13-21(14-18-23)24(3,4)20-11-15-22(16-12-20)25-6-2/h11-18H,5-6,19H2,1-4H3. The summed E-state index contributed by atoms with van der Waals surface area (Å²) in [7, 11) is 0. The Hall–Kier alpha value is -2.84. The van der Waals surface area contributed by atoms with Crippen LogP contribution in [0.1, 0.15) is 45.2 Å². The van der Waals surface area contributed by atoms with Crippen molar-refractivity contribution in [3.63, 3.8) is 0 Å². The second kappa shape index (κ2) is 9.59. The summed E-state index contributed by atoms with van der Waals surface area (Å²) >= 11 is 0. The zero-order valence-corrected chi connectivity index (χ0v) is 16.1. The molecule has 0 aliphatic carbocycles. The fraction of sp³-hybridized carbons (Fsp3) is 0.333. The van der Waals surface area contributed by atoms with Gasteiger partial charge in [0, 0.05) is 11.8 Å². The Labute approximate surface area is 157 Å². The van der Waals surface area contributed by atoms with Crippen LogP contribution in [0.15, 0.2) is 48.5 Å². The zero-order chi connectivity index (χ0) is 18.8. The molecule has 0 unspecified atom stereocenters. The van der Waals surface area contributed by atoms with Gasteiger partial charge < -0.3 is 9.47 Å². The minimum atomic E-state index is -0.0984. The third-order valence-corrected chi connectivity index (χ3v) is 4.19. The normalized spacial score (nSPS) is 10.2. The molecule has 0 amide bonds. The fourth-order valence-corrected chi connectivity index (χ4v) is 2.60. The minimum absolute atomic E-state index is 0.0984. The predicted molar refractivity (Wildman–Crippen MR) is 108 cm³/mol. The Morgan fingerprint density at radius 3 is 1.73 bits per heavy atom. The predicted octanol–water partition coefficient (Wildman–Crippen LogP) is 5.21. The van der Waals surface area contributed by atoms with Gasteiger partial charge in [0.25, 0.3) is 0 Å². The van der Waals surface area contributed by atoms with E-state index in [1.54, 1.807) is 0 Å². The maximum absolute atomic E-state index is 5.64. The van der Waals surface area contributed by atoms with E-state index in [0.29, 0.717) is 13.2 Å². The largest absolute Gasteiger partial charge is 0.494 e. The van der Waals surface area contributed by atoms with Crippen LogP contribution in [0.4, 0.5) is 0 Å². The van der Waals surface area contributed by atoms with E-state index < -0.39 is 0 Å². The maximum atomic E-state index is 5.64. The first-order valence-electron chi connectivity index (χ1n) is 9.00. The maximum Gasteiger partial charge on any atom is 0.150 e. The van der Waals surface area contributed by atoms with E-state index in [1.807, 2.05) is 38.1 Å². The molecular formula is C24H26O2. The second-order valence-electron chi connectivity index (χ2n) is 6.35. The van der Waals surface area contributed by atoms with Gasteiger partial charge in [-0.15, -0.1) is 0 Å². The monoisotopic (exact) mass is 346 g/mol. The van der Waals surface area contributed by atoms with Crippen molar-refractivity contribution < 1.29 is 9.47 Å². The van der Waals surface area contributed by atoms with E-state index in [4.69, 9.17) is 9.47 Å². The van der Waals surface area contributed by atoms with Crippen LogP contribution in [0.3, 0.4) is 0 Å². The van der Waals surface area contributed by atoms with Gasteiger partial charge in [-0.3, -0.25) is 0 Å². The number of hydrogen-bond donors (Lipinski definition) is 0. The molecule has 134 valence electrons. The van der Waals surface area contributed by atoms with E-state index in [-0.39, 0.29) is 5.41 Å². The molecule has 0 aliphatic heterocycles. The van der Waals surface area contributed by atoms with Gasteiger partial charge in [-0.05, 0) is 60.1 Å². The number of ether oxygens (including phenoxy) is 2. The third kappa shape index (κ3) is 5.33. The number of hydrogen-bond acceptors (Lipinski definition) is 2. The highest BCUT2D eigenvalue weighted by molar-refractivity contribution is 5.42. The van der Waals surface area contributed by atoms with E-state index in [2.05, 4.69) is 61.8 Å². The van der Waals surface area contributed by atoms with Crippen LogP contribution < -0.4 is 9.47 Å². The van der Waals surface area contributed by atoms with Crippen LogP contribution in [0.2, 0.25) is 0 Å². The summed E-state index contributed by atoms with van der Waals surface area (Å²) in [6.45, 7) is 9.46. The molecule has 0 spiro atoms. The van der Waals surface area contributed by atoms with E-state index >= 15 is 0 Å². The lowest BCUT2D eigenvalue weighted by Crippen LogP contribution is -2.18. The smallest absolute Gasteiger partial charge is 0.150 e. The van der Waals surface area contributed by atoms with Crippen molar-refractivity contribution in [2.45, 2.75) is 39.5 Å². The van der Waals surface area contributed by atoms with Crippen LogP contribution in [0.5, 0.6) is 11.5 Å². The average Bonchev–Trinajstić information content (AvgIpc) is 2.66. The molecular weight excluding hydrogens is 320 g/mol. The Bertz CT molecular complexity index is 807. The van der Waals surface area contributed by atoms with Gasteiger partial charge in [0.15, 0.2) is 0 Å². The Morgan fingerprint density at radius 2 is 1.23 bits per heavy atom. The van der Waals surface area contributed by atoms with Gasteiger partial charge in [0.2, 0.25) is 0 Å². The lowest BCUT2D eigenvalue weighted by atomic mass is 9.78. The van der Waals surface area contributed by atoms with Crippen molar-refractivity contribution in [2.75, 3.05) is 13.2 Å². The zero-order valence-electron chi connectivity index (χ0n) is 16.1. The molecule has 0 radical (unpaired) electrons. The lowest BCUT2D eigenvalue weighted by Gasteiger charge is -2.26. The minimum Gasteiger partial charge on any atom is -0.494 e. The summed E-state index contributed by atoms with van der Waals surface area (Å²) in [5.41, 5.74) is 2.38. The van der Waals surface area contributed by atoms with Crippen molar-refractivity contribution in [3.05, 3.63) is 59.7 Å². The lowest BCUT2D eigenvalue weighted by molar-refractivity contribution is 0.340. The summed E-state index contributed by atoms with van der Waals surface area (Å²) in [5, 5.41) is 0. The highest BCUT2D eigenvalue weighted by atomic mass is 16.5. The molecule has 0 aliphatic rings. The molecule has 0 N–H and O–H groups in total. The van der Waals surface area contributed by atoms with E-state index in [0.717, 1.165) is 17.9 Å². The van der Waals surface area contributed by atoms with Crippen molar-refractivity contribution >= 4 is 0 Å². The summed E-state index contributed by atoms with van der Waals surface area (Å²) in [6, 6.07) is 16.5. The van der Waals surface area contributed by atoms with Gasteiger partial charge in [-0.2, -0.15) is 0 Å². The van der Waals surface area contributed by atoms with Crippen molar-refractivity contribution in [2.24, 2.45) is 0 Å². The van der Waals surface area contributed by atoms with Gasteiger partial charge in [0.1, 0.15) is 18.1 Å². The molecule has 0 aromatic heterocycles. The molecule has 26 heavy (non-hydrogen) atoms. The Kier molecular flexibility index (Phi) is 7.19. The molecule has 2 nitrogen and oxygen atoms in total. The van der Waals surface area contributed by atoms with Crippen molar-refractivity contribution in [3.8, 4) is 35.2 Å². The molecule has 2 heteroatoms. The molecule has 0 saturated heterocycles. The van der Waals surface area contributed by atoms with Crippen LogP contribution in [-0.2, 0) is 5.41 Å². The van der Waals surface area contributed by atoms with Gasteiger partial charge in [0.05, 0.1) is 6.61 Å². The number of rotatable bonds is 6. The van der Waals surface area contributed by atoms with Gasteiger partial charge >= 0.3 is 0 Å². The summed E-state index contributed by atoms with van der Waals surface area (Å²) in [5.74, 6) is 13.1. The van der Waals surface area contributed by atoms with Gasteiger partial charge in [-0.25, -0.2) is 0 Å². The quantitative estimate of drug-likeness (QED) is 0.669. The Morgan fingerprint density at radius 1 is 0.731 bits per heavy atom. The highest BCUT2D eigenvalue weighted by Crippen LogP contribution is 2.33. The SMILES string of the molecule is CCC#CC#CCOc1ccc(C(C)(C)c2ccc(OCC)cc2)cc1. The second-order valence-corrected chi connectivity index (χ2v) is 6.35. The van der Waals surface area contributed by atoms with Crippen LogP contribution in [0.25, 0.3) is 0 Å². The molecule has 0 fully saturated rings. The topological polar surface area (TPSA) is 18.5 Å². The molecule has 0 bridgehead atoms. The molecule has 0 atom stereocenters. The molecule has 0 saturated carbocycles.